The Morgan fingerprint density at radius 1 is 0.180 bits per heavy atom. The van der Waals surface area contributed by atoms with E-state index in [1.165, 1.54) is 0 Å². The second kappa shape index (κ2) is 11.9. The van der Waals surface area contributed by atoms with Crippen LogP contribution in [0.5, 0.6) is 0 Å². The molecule has 0 aliphatic heterocycles. The van der Waals surface area contributed by atoms with E-state index < -0.39 is 167 Å². The van der Waals surface area contributed by atoms with Crippen molar-refractivity contribution < 1.29 is 92.6 Å². The van der Waals surface area contributed by atoms with Gasteiger partial charge in [0.1, 0.15) is 0 Å². The fourth-order valence-electron chi connectivity index (χ4n) is 4.88. The number of Topliss-reactive ketones (excluding diaryl/α,β-unsaturated/α-hetero) is 1. The molecule has 1 aliphatic carbocycles. The van der Waals surface area contributed by atoms with Crippen molar-refractivity contribution in [2.45, 2.75) is 0 Å². The lowest BCUT2D eigenvalue weighted by Gasteiger charge is -2.18. The first-order valence-corrected chi connectivity index (χ1v) is 12.2. The van der Waals surface area contributed by atoms with Gasteiger partial charge in [0, 0.05) is 22.3 Å². The molecule has 5 rings (SSSR count). The van der Waals surface area contributed by atoms with Crippen LogP contribution in [-0.2, 0) is 4.79 Å². The van der Waals surface area contributed by atoms with Gasteiger partial charge in [-0.1, -0.05) is 0 Å². The van der Waals surface area contributed by atoms with E-state index in [1.807, 2.05) is 0 Å². The Bertz CT molecular complexity index is 2060. The highest BCUT2D eigenvalue weighted by molar-refractivity contribution is 6.59. The molecule has 0 amide bonds. The van der Waals surface area contributed by atoms with Gasteiger partial charge in [-0.3, -0.25) is 4.79 Å². The van der Waals surface area contributed by atoms with Crippen LogP contribution in [0.1, 0.15) is 22.3 Å². The monoisotopic (exact) mass is 744 g/mol. The van der Waals surface area contributed by atoms with Gasteiger partial charge in [0.25, 0.3) is 0 Å². The number of ketones is 1. The maximum Gasteiger partial charge on any atom is 0.200 e. The lowest BCUT2D eigenvalue weighted by atomic mass is 9.87. The van der Waals surface area contributed by atoms with Gasteiger partial charge < -0.3 is 0 Å². The van der Waals surface area contributed by atoms with Gasteiger partial charge in [-0.15, -0.1) is 0 Å². The molecule has 21 heteroatoms. The molecule has 50 heavy (non-hydrogen) atoms. The molecule has 0 bridgehead atoms. The summed E-state index contributed by atoms with van der Waals surface area (Å²) in [5.74, 6) is -67.6. The quantitative estimate of drug-likeness (QED) is 0.116. The number of carbonyl (C=O) groups excluding carboxylic acids is 1. The molecule has 0 heterocycles. The number of benzene rings is 4. The zero-order valence-corrected chi connectivity index (χ0v) is 22.5. The van der Waals surface area contributed by atoms with Crippen LogP contribution in [0.25, 0.3) is 22.3 Å². The summed E-state index contributed by atoms with van der Waals surface area (Å²) < 4.78 is 292. The molecule has 0 radical (unpaired) electrons. The lowest BCUT2D eigenvalue weighted by Crippen LogP contribution is -2.14. The summed E-state index contributed by atoms with van der Waals surface area (Å²) in [6.07, 6.45) is 0. The molecule has 0 spiro atoms. The molecule has 4 aromatic rings. The predicted molar refractivity (Wildman–Crippen MR) is 124 cm³/mol. The third-order valence-corrected chi connectivity index (χ3v) is 7.04. The van der Waals surface area contributed by atoms with Crippen LogP contribution in [-0.4, -0.2) is 5.78 Å². The molecule has 4 aromatic carbocycles. The second-order valence-corrected chi connectivity index (χ2v) is 9.61. The van der Waals surface area contributed by atoms with Crippen molar-refractivity contribution >= 4 is 28.1 Å². The van der Waals surface area contributed by atoms with Gasteiger partial charge in [-0.25, -0.2) is 87.8 Å². The smallest absolute Gasteiger partial charge is 0.200 e. The van der Waals surface area contributed by atoms with Crippen LogP contribution in [0.4, 0.5) is 87.8 Å². The minimum atomic E-state index is -3.30. The third-order valence-electron chi connectivity index (χ3n) is 7.04. The van der Waals surface area contributed by atoms with E-state index in [-0.39, 0.29) is 0 Å². The Labute approximate surface area is 260 Å². The molecule has 1 nitrogen and oxygen atoms in total. The molecule has 262 valence electrons. The topological polar surface area (TPSA) is 17.1 Å². The van der Waals surface area contributed by atoms with Gasteiger partial charge in [-0.2, -0.15) is 0 Å². The van der Waals surface area contributed by atoms with Crippen LogP contribution in [0.15, 0.2) is 0 Å². The Hall–Kier alpha value is -5.37. The fourth-order valence-corrected chi connectivity index (χ4v) is 4.88. The molecule has 0 aromatic heterocycles. The van der Waals surface area contributed by atoms with Gasteiger partial charge in [0.05, 0.1) is 22.3 Å². The van der Waals surface area contributed by atoms with E-state index in [9.17, 15) is 57.5 Å². The van der Waals surface area contributed by atoms with Crippen molar-refractivity contribution in [3.63, 3.8) is 0 Å². The number of allylic oxidation sites excluding steroid dienone is 4. The van der Waals surface area contributed by atoms with Crippen LogP contribution < -0.4 is 0 Å². The summed E-state index contributed by atoms with van der Waals surface area (Å²) in [6.45, 7) is 0. The number of hydrogen-bond donors (Lipinski definition) is 0. The highest BCUT2D eigenvalue weighted by atomic mass is 19.2. The minimum Gasteiger partial charge on any atom is -0.289 e. The van der Waals surface area contributed by atoms with E-state index in [0.717, 1.165) is 0 Å². The van der Waals surface area contributed by atoms with Gasteiger partial charge in [0.2, 0.25) is 23.3 Å². The zero-order chi connectivity index (χ0) is 37.7. The first-order chi connectivity index (χ1) is 23.1. The van der Waals surface area contributed by atoms with E-state index in [0.29, 0.717) is 0 Å². The average Bonchev–Trinajstić information content (AvgIpc) is 3.35. The van der Waals surface area contributed by atoms with E-state index in [1.54, 1.807) is 0 Å². The average molecular weight is 744 g/mol. The molecule has 0 unspecified atom stereocenters. The van der Waals surface area contributed by atoms with Gasteiger partial charge >= 0.3 is 0 Å². The normalized spacial score (nSPS) is 13.5. The zero-order valence-electron chi connectivity index (χ0n) is 22.5. The minimum absolute atomic E-state index is 2.81. The Morgan fingerprint density at radius 3 is 0.460 bits per heavy atom. The summed E-state index contributed by atoms with van der Waals surface area (Å²) in [5.41, 5.74) is -23.0. The van der Waals surface area contributed by atoms with Gasteiger partial charge in [0.15, 0.2) is 98.9 Å². The second-order valence-electron chi connectivity index (χ2n) is 9.61. The van der Waals surface area contributed by atoms with Crippen molar-refractivity contribution in [1.82, 2.24) is 0 Å². The highest BCUT2D eigenvalue weighted by Crippen LogP contribution is 2.54. The van der Waals surface area contributed by atoms with E-state index >= 15 is 35.1 Å². The first kappa shape index (κ1) is 35.9. The molecular weight excluding hydrogens is 744 g/mol. The maximum absolute atomic E-state index is 15.3. The maximum atomic E-state index is 15.3. The SMILES string of the molecule is O=C1C(c2c(F)c(F)c(F)c(F)c2F)=C(c2c(F)c(F)c(F)c(F)c2F)C(c2c(F)c(F)c(F)c(F)c2F)=C1c1c(F)c(F)c(F)c(F)c1F. The molecule has 1 aliphatic rings. The van der Waals surface area contributed by atoms with Crippen LogP contribution in [0.3, 0.4) is 0 Å². The first-order valence-electron chi connectivity index (χ1n) is 12.2. The lowest BCUT2D eigenvalue weighted by molar-refractivity contribution is -0.108. The number of halogens is 20. The predicted octanol–water partition coefficient (Wildman–Crippen LogP) is 9.57. The number of carbonyl (C=O) groups is 1. The fraction of sp³-hybridized carbons (Fsp3) is 0. The largest absolute Gasteiger partial charge is 0.289 e. The number of hydrogen-bond acceptors (Lipinski definition) is 1. The summed E-state index contributed by atoms with van der Waals surface area (Å²) in [6, 6.07) is 0. The van der Waals surface area contributed by atoms with E-state index in [4.69, 9.17) is 0 Å². The molecule has 0 saturated heterocycles. The summed E-state index contributed by atoms with van der Waals surface area (Å²) in [4.78, 5) is 13.7. The van der Waals surface area contributed by atoms with Crippen molar-refractivity contribution in [1.29, 1.82) is 0 Å². The number of rotatable bonds is 4. The summed E-state index contributed by atoms with van der Waals surface area (Å²) >= 11 is 0. The third kappa shape index (κ3) is 4.61. The molecule has 0 N–H and O–H groups in total. The highest BCUT2D eigenvalue weighted by Gasteiger charge is 2.48. The summed E-state index contributed by atoms with van der Waals surface area (Å²) in [5, 5.41) is 0. The molecular formula is C29F20O. The van der Waals surface area contributed by atoms with Crippen LogP contribution in [0, 0.1) is 116 Å². The van der Waals surface area contributed by atoms with Crippen molar-refractivity contribution in [3.8, 4) is 0 Å². The Morgan fingerprint density at radius 2 is 0.300 bits per heavy atom. The Balaban J connectivity index is 2.24. The van der Waals surface area contributed by atoms with Crippen LogP contribution >= 0.6 is 0 Å². The van der Waals surface area contributed by atoms with Crippen LogP contribution in [0.2, 0.25) is 0 Å². The molecule has 0 atom stereocenters. The van der Waals surface area contributed by atoms with Crippen molar-refractivity contribution in [2.75, 3.05) is 0 Å². The van der Waals surface area contributed by atoms with Crippen molar-refractivity contribution in [3.05, 3.63) is 139 Å². The summed E-state index contributed by atoms with van der Waals surface area (Å²) in [7, 11) is 0. The van der Waals surface area contributed by atoms with E-state index in [2.05, 4.69) is 0 Å². The molecule has 0 fully saturated rings. The Kier molecular flexibility index (Phi) is 8.55. The standard InChI is InChI=1S/C29F20O/c30-9-5(10(31)18(39)25(46)17(9)38)1-2(6-11(32)19(40)26(47)20(41)12(6)33)4(8-15(36)23(44)28(49)24(45)16(8)37)29(50)3(1)7-13(34)21(42)27(48)22(43)14(7)35. The van der Waals surface area contributed by atoms with Gasteiger partial charge in [-0.05, 0) is 0 Å². The van der Waals surface area contributed by atoms with Crippen molar-refractivity contribution in [2.24, 2.45) is 0 Å². The molecule has 0 saturated carbocycles.